The molecule has 0 unspecified atom stereocenters. The summed E-state index contributed by atoms with van der Waals surface area (Å²) >= 11 is 0. The zero-order valence-corrected chi connectivity index (χ0v) is 23.7. The van der Waals surface area contributed by atoms with Gasteiger partial charge in [0, 0.05) is 6.42 Å². The van der Waals surface area contributed by atoms with E-state index in [-0.39, 0.29) is 0 Å². The van der Waals surface area contributed by atoms with Crippen molar-refractivity contribution in [2.75, 3.05) is 0 Å². The smallest absolute Gasteiger partial charge is 0.0811 e. The molecule has 0 bridgehead atoms. The van der Waals surface area contributed by atoms with Gasteiger partial charge in [-0.1, -0.05) is 90.9 Å². The van der Waals surface area contributed by atoms with Gasteiger partial charge in [-0.05, 0) is 77.9 Å². The van der Waals surface area contributed by atoms with Gasteiger partial charge < -0.3 is 10.2 Å². The predicted molar refractivity (Wildman–Crippen MR) is 145 cm³/mol. The molecule has 3 heteroatoms. The average Bonchev–Trinajstić information content (AvgIpc) is 3.06. The fraction of sp³-hybridized carbons (Fsp3) is 0.800. The molecule has 3 aliphatic carbocycles. The second kappa shape index (κ2) is 10.2. The second-order valence-electron chi connectivity index (χ2n) is 13.7. The summed E-state index contributed by atoms with van der Waals surface area (Å²) in [6.07, 6.45) is 13.9. The van der Waals surface area contributed by atoms with Crippen LogP contribution in [0.25, 0.3) is 0 Å². The molecule has 2 nitrogen and oxygen atoms in total. The molecular weight excluding hydrogens is 420 g/mol. The average molecular weight is 473 g/mol. The Bertz CT molecular complexity index is 771. The van der Waals surface area contributed by atoms with E-state index in [1.165, 1.54) is 51.0 Å². The molecule has 2 N–H and O–H groups in total. The molecule has 33 heavy (non-hydrogen) atoms. The zero-order valence-electron chi connectivity index (χ0n) is 22.7. The molecule has 3 rings (SSSR count). The maximum atomic E-state index is 10.2. The lowest BCUT2D eigenvalue weighted by atomic mass is 9.61. The van der Waals surface area contributed by atoms with E-state index in [1.54, 1.807) is 5.57 Å². The van der Waals surface area contributed by atoms with E-state index in [4.69, 9.17) is 0 Å². The fourth-order valence-corrected chi connectivity index (χ4v) is 8.96. The molecule has 0 radical (unpaired) electrons. The summed E-state index contributed by atoms with van der Waals surface area (Å²) < 4.78 is 0. The Hall–Kier alpha value is -0.643. The van der Waals surface area contributed by atoms with E-state index >= 15 is 0 Å². The first-order chi connectivity index (χ1) is 15.3. The normalized spacial score (nSPS) is 36.9. The van der Waals surface area contributed by atoms with E-state index < -0.39 is 20.3 Å². The van der Waals surface area contributed by atoms with Crippen molar-refractivity contribution in [2.45, 2.75) is 129 Å². The molecule has 0 aromatic carbocycles. The molecular formula is C30H52O2Si. The van der Waals surface area contributed by atoms with Crippen LogP contribution in [0, 0.1) is 23.2 Å². The second-order valence-corrected chi connectivity index (χ2v) is 19.4. The zero-order chi connectivity index (χ0) is 24.6. The highest BCUT2D eigenvalue weighted by Crippen LogP contribution is 2.60. The van der Waals surface area contributed by atoms with Crippen molar-refractivity contribution in [1.29, 1.82) is 0 Å². The van der Waals surface area contributed by atoms with Crippen molar-refractivity contribution in [2.24, 2.45) is 23.2 Å². The molecule has 3 aliphatic rings. The van der Waals surface area contributed by atoms with Crippen LogP contribution in [-0.2, 0) is 0 Å². The van der Waals surface area contributed by atoms with Crippen LogP contribution in [-0.4, -0.2) is 30.5 Å². The van der Waals surface area contributed by atoms with Crippen LogP contribution in [0.3, 0.4) is 0 Å². The summed E-state index contributed by atoms with van der Waals surface area (Å²) in [7, 11) is -1.18. The van der Waals surface area contributed by atoms with E-state index in [0.717, 1.165) is 23.0 Å². The van der Waals surface area contributed by atoms with Crippen LogP contribution < -0.4 is 0 Å². The molecule has 0 aromatic heterocycles. The highest BCUT2D eigenvalue weighted by molar-refractivity contribution is 6.80. The van der Waals surface area contributed by atoms with E-state index in [0.29, 0.717) is 29.2 Å². The number of aliphatic hydroxyl groups is 2. The van der Waals surface area contributed by atoms with Gasteiger partial charge in [0.1, 0.15) is 0 Å². The summed E-state index contributed by atoms with van der Waals surface area (Å²) in [5.41, 5.74) is 3.88. The summed E-state index contributed by atoms with van der Waals surface area (Å²) in [5.74, 6) is 2.35. The van der Waals surface area contributed by atoms with Gasteiger partial charge in [0.25, 0.3) is 0 Å². The molecule has 0 aliphatic heterocycles. The molecule has 188 valence electrons. The fourth-order valence-electron chi connectivity index (χ4n) is 7.12. The number of hydrogen-bond donors (Lipinski definition) is 2. The Balaban J connectivity index is 1.67. The minimum atomic E-state index is -1.18. The van der Waals surface area contributed by atoms with Gasteiger partial charge in [0.05, 0.1) is 20.3 Å². The van der Waals surface area contributed by atoms with E-state index in [1.807, 2.05) is 0 Å². The van der Waals surface area contributed by atoms with Crippen LogP contribution in [0.4, 0.5) is 0 Å². The monoisotopic (exact) mass is 472 g/mol. The number of hydrogen-bond acceptors (Lipinski definition) is 2. The van der Waals surface area contributed by atoms with Gasteiger partial charge in [-0.3, -0.25) is 0 Å². The quantitative estimate of drug-likeness (QED) is 0.384. The van der Waals surface area contributed by atoms with Crippen molar-refractivity contribution in [1.82, 2.24) is 0 Å². The van der Waals surface area contributed by atoms with Crippen LogP contribution in [0.1, 0.15) is 92.4 Å². The first-order valence-electron chi connectivity index (χ1n) is 13.7. The third-order valence-electron chi connectivity index (χ3n) is 10.5. The number of aliphatic hydroxyl groups excluding tert-OH is 2. The molecule has 3 fully saturated rings. The minimum absolute atomic E-state index is 0.419. The van der Waals surface area contributed by atoms with Gasteiger partial charge in [-0.15, -0.1) is 0 Å². The predicted octanol–water partition coefficient (Wildman–Crippen LogP) is 8.05. The molecule has 0 aromatic rings. The standard InChI is InChI=1S/C30H52O2Si/c1-21(11-10-18-33(7,8)29(3,4)5)26-15-16-27-23(12-9-17-30(26,27)6)13-14-24-19-25(31)20-28(32)22(24)2/h13-14,21,25-28,31-32H,2,9-12,15-20H2,1,3-8H3/b23-13+,24-14-/t21-,25-,26-,27+,28+,30-/m1/s1. The molecule has 6 atom stereocenters. The highest BCUT2D eigenvalue weighted by atomic mass is 28.3. The third kappa shape index (κ3) is 5.78. The third-order valence-corrected chi connectivity index (χ3v) is 16.1. The van der Waals surface area contributed by atoms with E-state index in [9.17, 15) is 10.2 Å². The van der Waals surface area contributed by atoms with Crippen molar-refractivity contribution >= 4 is 8.07 Å². The maximum absolute atomic E-state index is 10.2. The summed E-state index contributed by atoms with van der Waals surface area (Å²) in [6, 6.07) is 1.45. The Morgan fingerprint density at radius 2 is 1.88 bits per heavy atom. The van der Waals surface area contributed by atoms with Gasteiger partial charge >= 0.3 is 0 Å². The van der Waals surface area contributed by atoms with Crippen molar-refractivity contribution in [3.05, 3.63) is 35.5 Å². The highest BCUT2D eigenvalue weighted by Gasteiger charge is 2.50. The Morgan fingerprint density at radius 1 is 1.18 bits per heavy atom. The maximum Gasteiger partial charge on any atom is 0.0811 e. The number of rotatable bonds is 6. The number of allylic oxidation sites excluding steroid dienone is 3. The van der Waals surface area contributed by atoms with Crippen LogP contribution >= 0.6 is 0 Å². The van der Waals surface area contributed by atoms with Crippen molar-refractivity contribution in [3.8, 4) is 0 Å². The number of fused-ring (bicyclic) bond motifs is 1. The van der Waals surface area contributed by atoms with Crippen LogP contribution in [0.2, 0.25) is 24.2 Å². The summed E-state index contributed by atoms with van der Waals surface area (Å²) in [6.45, 7) is 21.7. The molecule has 0 saturated heterocycles. The first-order valence-corrected chi connectivity index (χ1v) is 16.9. The topological polar surface area (TPSA) is 40.5 Å². The van der Waals surface area contributed by atoms with Gasteiger partial charge in [0.15, 0.2) is 0 Å². The SMILES string of the molecule is C=C1/C(=C\C=C2/CCC[C@]3(C)[C@@H]([C@H](C)CCC[Si](C)(C)C(C)(C)C)CC[C@@H]23)C[C@@H](O)C[C@@H]1O. The van der Waals surface area contributed by atoms with Gasteiger partial charge in [-0.2, -0.15) is 0 Å². The lowest BCUT2D eigenvalue weighted by molar-refractivity contribution is 0.0861. The Labute approximate surface area is 205 Å². The summed E-state index contributed by atoms with van der Waals surface area (Å²) in [4.78, 5) is 0. The van der Waals surface area contributed by atoms with Crippen LogP contribution in [0.5, 0.6) is 0 Å². The van der Waals surface area contributed by atoms with Crippen LogP contribution in [0.15, 0.2) is 35.5 Å². The molecule has 0 heterocycles. The molecule has 3 saturated carbocycles. The summed E-state index contributed by atoms with van der Waals surface area (Å²) in [5, 5.41) is 20.8. The van der Waals surface area contributed by atoms with E-state index in [2.05, 4.69) is 66.4 Å². The Kier molecular flexibility index (Phi) is 8.29. The Morgan fingerprint density at radius 3 is 2.55 bits per heavy atom. The lowest BCUT2D eigenvalue weighted by Crippen LogP contribution is -2.37. The van der Waals surface area contributed by atoms with Crippen molar-refractivity contribution < 1.29 is 10.2 Å². The first kappa shape index (κ1) is 27.0. The van der Waals surface area contributed by atoms with Gasteiger partial charge in [-0.25, -0.2) is 0 Å². The van der Waals surface area contributed by atoms with Gasteiger partial charge in [0.2, 0.25) is 0 Å². The minimum Gasteiger partial charge on any atom is -0.393 e. The van der Waals surface area contributed by atoms with Crippen molar-refractivity contribution in [3.63, 3.8) is 0 Å². The largest absolute Gasteiger partial charge is 0.393 e. The molecule has 0 amide bonds. The molecule has 0 spiro atoms. The lowest BCUT2D eigenvalue weighted by Gasteiger charge is -2.44.